The lowest BCUT2D eigenvalue weighted by Gasteiger charge is -2.06. The highest BCUT2D eigenvalue weighted by molar-refractivity contribution is 14.1. The number of nitrogens with one attached hydrogen (secondary N) is 1. The molecule has 2 rings (SSSR count). The topological polar surface area (TPSA) is 70.9 Å². The van der Waals surface area contributed by atoms with Gasteiger partial charge >= 0.3 is 0 Å². The minimum Gasteiger partial charge on any atom is -0.506 e. The lowest BCUT2D eigenvalue weighted by molar-refractivity contribution is -0.123. The molecule has 8 heteroatoms. The first-order valence-corrected chi connectivity index (χ1v) is 9.29. The average molecular weight is 571 g/mol. The minimum atomic E-state index is -0.373. The van der Waals surface area contributed by atoms with Crippen LogP contribution < -0.4 is 10.2 Å². The molecule has 0 radical (unpaired) electrons. The normalized spacial score (nSPS) is 10.8. The van der Waals surface area contributed by atoms with E-state index >= 15 is 0 Å². The molecule has 0 fully saturated rings. The highest BCUT2D eigenvalue weighted by atomic mass is 127. The van der Waals surface area contributed by atoms with E-state index in [2.05, 4.69) is 10.5 Å². The van der Waals surface area contributed by atoms with E-state index in [9.17, 15) is 9.90 Å². The van der Waals surface area contributed by atoms with Gasteiger partial charge in [-0.3, -0.25) is 4.79 Å². The standard InChI is InChI=1S/C16H13ClI2N2O3/c1-9-4-11(2-3-12(9)17)24-8-15(22)21-20-7-10-5-13(18)16(23)14(19)6-10/h2-7,23H,8H2,1H3,(H,21,22). The number of nitrogens with zero attached hydrogens (tertiary/aromatic N) is 1. The largest absolute Gasteiger partial charge is 0.506 e. The van der Waals surface area contributed by atoms with Crippen LogP contribution in [0.1, 0.15) is 11.1 Å². The lowest BCUT2D eigenvalue weighted by Crippen LogP contribution is -2.24. The number of benzene rings is 2. The first-order valence-electron chi connectivity index (χ1n) is 6.75. The van der Waals surface area contributed by atoms with Crippen molar-refractivity contribution in [2.24, 2.45) is 5.10 Å². The number of hydrogen-bond donors (Lipinski definition) is 2. The zero-order chi connectivity index (χ0) is 17.7. The first kappa shape index (κ1) is 19.3. The minimum absolute atomic E-state index is 0.150. The van der Waals surface area contributed by atoms with Crippen molar-refractivity contribution in [1.82, 2.24) is 5.43 Å². The van der Waals surface area contributed by atoms with Crippen LogP contribution in [0.25, 0.3) is 0 Å². The van der Waals surface area contributed by atoms with Gasteiger partial charge in [0.15, 0.2) is 6.61 Å². The van der Waals surface area contributed by atoms with E-state index in [0.29, 0.717) is 17.9 Å². The summed E-state index contributed by atoms with van der Waals surface area (Å²) >= 11 is 10.00. The maximum absolute atomic E-state index is 11.7. The van der Waals surface area contributed by atoms with Gasteiger partial charge in [-0.1, -0.05) is 11.6 Å². The average Bonchev–Trinajstić information content (AvgIpc) is 2.53. The molecule has 0 aliphatic carbocycles. The van der Waals surface area contributed by atoms with Crippen molar-refractivity contribution in [3.63, 3.8) is 0 Å². The number of hydrogen-bond acceptors (Lipinski definition) is 4. The Hall–Kier alpha value is -1.07. The Labute approximate surface area is 171 Å². The van der Waals surface area contributed by atoms with Crippen molar-refractivity contribution in [1.29, 1.82) is 0 Å². The molecule has 24 heavy (non-hydrogen) atoms. The molecule has 0 saturated heterocycles. The summed E-state index contributed by atoms with van der Waals surface area (Å²) in [6.07, 6.45) is 1.51. The molecule has 0 atom stereocenters. The van der Waals surface area contributed by atoms with Gasteiger partial charge in [0.2, 0.25) is 0 Å². The fraction of sp³-hybridized carbons (Fsp3) is 0.125. The van der Waals surface area contributed by atoms with Crippen LogP contribution in [-0.2, 0) is 4.79 Å². The molecule has 0 saturated carbocycles. The number of carbonyl (C=O) groups excluding carboxylic acids is 1. The van der Waals surface area contributed by atoms with Gasteiger partial charge in [0.1, 0.15) is 11.5 Å². The van der Waals surface area contributed by atoms with E-state index in [0.717, 1.165) is 11.1 Å². The number of phenolic OH excluding ortho intramolecular Hbond substituents is 1. The number of halogens is 3. The first-order chi connectivity index (χ1) is 11.4. The molecule has 2 aromatic rings. The molecular weight excluding hydrogens is 557 g/mol. The number of amides is 1. The Bertz CT molecular complexity index is 774. The van der Waals surface area contributed by atoms with Crippen LogP contribution in [0.2, 0.25) is 5.02 Å². The predicted octanol–water partition coefficient (Wildman–Crippen LogP) is 4.09. The van der Waals surface area contributed by atoms with Crippen LogP contribution in [0.4, 0.5) is 0 Å². The van der Waals surface area contributed by atoms with E-state index in [1.807, 2.05) is 52.1 Å². The number of carbonyl (C=O) groups is 1. The summed E-state index contributed by atoms with van der Waals surface area (Å²) in [5.74, 6) is 0.435. The quantitative estimate of drug-likeness (QED) is 0.323. The van der Waals surface area contributed by atoms with E-state index in [4.69, 9.17) is 16.3 Å². The molecule has 0 aliphatic heterocycles. The monoisotopic (exact) mass is 570 g/mol. The Balaban J connectivity index is 1.87. The Morgan fingerprint density at radius 3 is 2.62 bits per heavy atom. The number of aromatic hydroxyl groups is 1. The maximum atomic E-state index is 11.7. The van der Waals surface area contributed by atoms with Crippen molar-refractivity contribution in [2.75, 3.05) is 6.61 Å². The number of rotatable bonds is 5. The van der Waals surface area contributed by atoms with Crippen molar-refractivity contribution in [2.45, 2.75) is 6.92 Å². The fourth-order valence-electron chi connectivity index (χ4n) is 1.73. The van der Waals surface area contributed by atoms with E-state index in [1.165, 1.54) is 6.21 Å². The second-order valence-corrected chi connectivity index (χ2v) is 7.56. The molecule has 5 nitrogen and oxygen atoms in total. The van der Waals surface area contributed by atoms with Gasteiger partial charge in [-0.25, -0.2) is 5.43 Å². The van der Waals surface area contributed by atoms with E-state index in [-0.39, 0.29) is 18.3 Å². The van der Waals surface area contributed by atoms with E-state index in [1.54, 1.807) is 30.3 Å². The summed E-state index contributed by atoms with van der Waals surface area (Å²) in [6.45, 7) is 1.71. The third-order valence-corrected chi connectivity index (χ3v) is 5.01. The molecule has 1 amide bonds. The van der Waals surface area contributed by atoms with Crippen molar-refractivity contribution >= 4 is 68.9 Å². The van der Waals surface area contributed by atoms with Crippen LogP contribution in [0.5, 0.6) is 11.5 Å². The Morgan fingerprint density at radius 1 is 1.33 bits per heavy atom. The summed E-state index contributed by atoms with van der Waals surface area (Å²) < 4.78 is 6.81. The summed E-state index contributed by atoms with van der Waals surface area (Å²) in [7, 11) is 0. The van der Waals surface area contributed by atoms with Crippen LogP contribution in [0.15, 0.2) is 35.4 Å². The van der Waals surface area contributed by atoms with E-state index < -0.39 is 0 Å². The zero-order valence-electron chi connectivity index (χ0n) is 12.5. The van der Waals surface area contributed by atoms with Crippen LogP contribution in [-0.4, -0.2) is 23.8 Å². The molecule has 0 bridgehead atoms. The third kappa shape index (κ3) is 5.49. The number of aryl methyl sites for hydroxylation is 1. The molecule has 0 spiro atoms. The molecule has 126 valence electrons. The third-order valence-electron chi connectivity index (χ3n) is 2.94. The molecule has 0 unspecified atom stereocenters. The summed E-state index contributed by atoms with van der Waals surface area (Å²) in [5.41, 5.74) is 4.05. The molecule has 0 aromatic heterocycles. The highest BCUT2D eigenvalue weighted by Gasteiger charge is 2.05. The van der Waals surface area contributed by atoms with Crippen molar-refractivity contribution in [3.05, 3.63) is 53.6 Å². The zero-order valence-corrected chi connectivity index (χ0v) is 17.6. The van der Waals surface area contributed by atoms with Crippen LogP contribution in [0, 0.1) is 14.1 Å². The van der Waals surface area contributed by atoms with Gasteiger partial charge in [-0.15, -0.1) is 0 Å². The Kier molecular flexibility index (Phi) is 7.11. The van der Waals surface area contributed by atoms with Gasteiger partial charge in [-0.2, -0.15) is 5.10 Å². The van der Waals surface area contributed by atoms with Gasteiger partial charge in [0.25, 0.3) is 5.91 Å². The highest BCUT2D eigenvalue weighted by Crippen LogP contribution is 2.26. The van der Waals surface area contributed by atoms with Gasteiger partial charge in [0.05, 0.1) is 13.4 Å². The van der Waals surface area contributed by atoms with Gasteiger partial charge < -0.3 is 9.84 Å². The SMILES string of the molecule is Cc1cc(OCC(=O)NN=Cc2cc(I)c(O)c(I)c2)ccc1Cl. The lowest BCUT2D eigenvalue weighted by atomic mass is 10.2. The molecule has 0 heterocycles. The smallest absolute Gasteiger partial charge is 0.277 e. The fourth-order valence-corrected chi connectivity index (χ4v) is 3.66. The number of hydrazone groups is 1. The summed E-state index contributed by atoms with van der Waals surface area (Å²) in [4.78, 5) is 11.7. The van der Waals surface area contributed by atoms with Crippen molar-refractivity contribution in [3.8, 4) is 11.5 Å². The number of phenols is 1. The second-order valence-electron chi connectivity index (χ2n) is 4.83. The molecule has 2 aromatic carbocycles. The van der Waals surface area contributed by atoms with Crippen LogP contribution in [0.3, 0.4) is 0 Å². The number of ether oxygens (including phenoxy) is 1. The predicted molar refractivity (Wildman–Crippen MR) is 111 cm³/mol. The summed E-state index contributed by atoms with van der Waals surface area (Å²) in [6, 6.07) is 8.71. The maximum Gasteiger partial charge on any atom is 0.277 e. The van der Waals surface area contributed by atoms with Crippen LogP contribution >= 0.6 is 56.8 Å². The van der Waals surface area contributed by atoms with Crippen molar-refractivity contribution < 1.29 is 14.6 Å². The van der Waals surface area contributed by atoms with Gasteiger partial charge in [-0.05, 0) is 93.6 Å². The molecular formula is C16H13ClI2N2O3. The summed E-state index contributed by atoms with van der Waals surface area (Å²) in [5, 5.41) is 14.2. The Morgan fingerprint density at radius 2 is 2.00 bits per heavy atom. The second kappa shape index (κ2) is 8.86. The van der Waals surface area contributed by atoms with Gasteiger partial charge in [0, 0.05) is 5.02 Å². The molecule has 0 aliphatic rings. The molecule has 2 N–H and O–H groups in total.